The summed E-state index contributed by atoms with van der Waals surface area (Å²) >= 11 is 4.44. The summed E-state index contributed by atoms with van der Waals surface area (Å²) in [4.78, 5) is 16.1. The fourth-order valence-electron chi connectivity index (χ4n) is 1.91. The third-order valence-electron chi connectivity index (χ3n) is 3.03. The fourth-order valence-corrected chi connectivity index (χ4v) is 2.32. The van der Waals surface area contributed by atoms with Crippen LogP contribution in [-0.2, 0) is 11.2 Å². The van der Waals surface area contributed by atoms with Gasteiger partial charge in [0.1, 0.15) is 0 Å². The van der Waals surface area contributed by atoms with Crippen LogP contribution < -0.4 is 0 Å². The zero-order chi connectivity index (χ0) is 14.3. The zero-order valence-corrected chi connectivity index (χ0v) is 12.9. The quantitative estimate of drug-likeness (QED) is 0.772. The first kappa shape index (κ1) is 16.1. The van der Waals surface area contributed by atoms with Crippen molar-refractivity contribution in [2.45, 2.75) is 18.1 Å². The first-order valence-corrected chi connectivity index (χ1v) is 7.14. The van der Waals surface area contributed by atoms with Crippen LogP contribution in [-0.4, -0.2) is 55.2 Å². The summed E-state index contributed by atoms with van der Waals surface area (Å²) in [5.74, 6) is 0.103. The van der Waals surface area contributed by atoms with E-state index in [0.29, 0.717) is 6.42 Å². The van der Waals surface area contributed by atoms with E-state index in [1.807, 2.05) is 51.5 Å². The Hall–Kier alpha value is -1.00. The minimum atomic E-state index is -0.258. The Labute approximate surface area is 122 Å². The zero-order valence-electron chi connectivity index (χ0n) is 12.0. The molecule has 0 aliphatic heterocycles. The van der Waals surface area contributed by atoms with Gasteiger partial charge < -0.3 is 9.80 Å². The predicted octanol–water partition coefficient (Wildman–Crippen LogP) is 1.94. The Balaban J connectivity index is 2.39. The van der Waals surface area contributed by atoms with Gasteiger partial charge in [-0.3, -0.25) is 4.79 Å². The minimum absolute atomic E-state index is 0.103. The molecule has 1 rings (SSSR count). The van der Waals surface area contributed by atoms with Gasteiger partial charge in [0, 0.05) is 13.6 Å². The monoisotopic (exact) mass is 280 g/mol. The molecule has 1 aromatic carbocycles. The van der Waals surface area contributed by atoms with Gasteiger partial charge in [-0.1, -0.05) is 30.3 Å². The molecular formula is C15H24N2OS. The van der Waals surface area contributed by atoms with E-state index < -0.39 is 0 Å². The molecule has 0 heterocycles. The van der Waals surface area contributed by atoms with Crippen LogP contribution in [0.2, 0.25) is 0 Å². The fraction of sp³-hybridized carbons (Fsp3) is 0.533. The van der Waals surface area contributed by atoms with Crippen molar-refractivity contribution in [3.05, 3.63) is 35.9 Å². The van der Waals surface area contributed by atoms with E-state index >= 15 is 0 Å². The van der Waals surface area contributed by atoms with Gasteiger partial charge in [0.05, 0.1) is 5.25 Å². The maximum absolute atomic E-state index is 12.2. The lowest BCUT2D eigenvalue weighted by atomic mass is 10.1. The second-order valence-corrected chi connectivity index (χ2v) is 5.75. The molecule has 1 unspecified atom stereocenters. The molecule has 0 saturated carbocycles. The van der Waals surface area contributed by atoms with Crippen molar-refractivity contribution < 1.29 is 4.79 Å². The molecular weight excluding hydrogens is 256 g/mol. The van der Waals surface area contributed by atoms with E-state index in [-0.39, 0.29) is 11.2 Å². The largest absolute Gasteiger partial charge is 0.345 e. The van der Waals surface area contributed by atoms with E-state index in [0.717, 1.165) is 25.1 Å². The average molecular weight is 280 g/mol. The summed E-state index contributed by atoms with van der Waals surface area (Å²) < 4.78 is 0. The SMILES string of the molecule is CN(C)CCCN(C)C(=O)C(S)Cc1ccccc1. The van der Waals surface area contributed by atoms with Crippen molar-refractivity contribution in [1.82, 2.24) is 9.80 Å². The van der Waals surface area contributed by atoms with E-state index in [9.17, 15) is 4.79 Å². The molecule has 0 aliphatic carbocycles. The molecule has 0 N–H and O–H groups in total. The Bertz CT molecular complexity index is 381. The molecule has 3 nitrogen and oxygen atoms in total. The molecule has 106 valence electrons. The molecule has 0 saturated heterocycles. The lowest BCUT2D eigenvalue weighted by molar-refractivity contribution is -0.129. The molecule has 1 aromatic rings. The van der Waals surface area contributed by atoms with Crippen LogP contribution in [0, 0.1) is 0 Å². The highest BCUT2D eigenvalue weighted by atomic mass is 32.1. The molecule has 19 heavy (non-hydrogen) atoms. The maximum atomic E-state index is 12.2. The third-order valence-corrected chi connectivity index (χ3v) is 3.44. The number of nitrogens with zero attached hydrogens (tertiary/aromatic N) is 2. The Kier molecular flexibility index (Phi) is 6.95. The Morgan fingerprint density at radius 1 is 1.16 bits per heavy atom. The van der Waals surface area contributed by atoms with Gasteiger partial charge in [-0.05, 0) is 39.0 Å². The van der Waals surface area contributed by atoms with Crippen molar-refractivity contribution >= 4 is 18.5 Å². The van der Waals surface area contributed by atoms with E-state index in [4.69, 9.17) is 0 Å². The third kappa shape index (κ3) is 6.12. The number of hydrogen-bond donors (Lipinski definition) is 1. The molecule has 4 heteroatoms. The standard InChI is InChI=1S/C15H24N2OS/c1-16(2)10-7-11-17(3)15(18)14(19)12-13-8-5-4-6-9-13/h4-6,8-9,14,19H,7,10-12H2,1-3H3. The van der Waals surface area contributed by atoms with Gasteiger partial charge in [-0.25, -0.2) is 0 Å². The van der Waals surface area contributed by atoms with Gasteiger partial charge in [0.25, 0.3) is 0 Å². The van der Waals surface area contributed by atoms with Gasteiger partial charge in [0.2, 0.25) is 5.91 Å². The van der Waals surface area contributed by atoms with Crippen molar-refractivity contribution in [3.63, 3.8) is 0 Å². The Morgan fingerprint density at radius 3 is 2.37 bits per heavy atom. The average Bonchev–Trinajstić information content (AvgIpc) is 2.38. The van der Waals surface area contributed by atoms with Crippen molar-refractivity contribution in [2.24, 2.45) is 0 Å². The maximum Gasteiger partial charge on any atom is 0.235 e. The topological polar surface area (TPSA) is 23.6 Å². The van der Waals surface area contributed by atoms with Crippen molar-refractivity contribution in [3.8, 4) is 0 Å². The second-order valence-electron chi connectivity index (χ2n) is 5.12. The molecule has 0 radical (unpaired) electrons. The van der Waals surface area contributed by atoms with Crippen LogP contribution >= 0.6 is 12.6 Å². The number of benzene rings is 1. The van der Waals surface area contributed by atoms with Crippen LogP contribution in [0.1, 0.15) is 12.0 Å². The smallest absolute Gasteiger partial charge is 0.235 e. The highest BCUT2D eigenvalue weighted by Gasteiger charge is 2.18. The van der Waals surface area contributed by atoms with Gasteiger partial charge in [-0.2, -0.15) is 12.6 Å². The highest BCUT2D eigenvalue weighted by Crippen LogP contribution is 2.10. The second kappa shape index (κ2) is 8.23. The summed E-state index contributed by atoms with van der Waals surface area (Å²) in [6.07, 6.45) is 1.67. The van der Waals surface area contributed by atoms with E-state index in [1.54, 1.807) is 4.90 Å². The summed E-state index contributed by atoms with van der Waals surface area (Å²) in [6, 6.07) is 10.0. The van der Waals surface area contributed by atoms with E-state index in [2.05, 4.69) is 17.5 Å². The first-order chi connectivity index (χ1) is 9.00. The summed E-state index contributed by atoms with van der Waals surface area (Å²) in [7, 11) is 5.93. The number of carbonyl (C=O) groups excluding carboxylic acids is 1. The van der Waals surface area contributed by atoms with Crippen LogP contribution in [0.15, 0.2) is 30.3 Å². The number of hydrogen-bond acceptors (Lipinski definition) is 3. The number of rotatable bonds is 7. The lowest BCUT2D eigenvalue weighted by Crippen LogP contribution is -2.36. The molecule has 1 atom stereocenters. The first-order valence-electron chi connectivity index (χ1n) is 6.62. The lowest BCUT2D eigenvalue weighted by Gasteiger charge is -2.21. The number of amides is 1. The van der Waals surface area contributed by atoms with Crippen molar-refractivity contribution in [1.29, 1.82) is 0 Å². The molecule has 1 amide bonds. The van der Waals surface area contributed by atoms with Crippen LogP contribution in [0.4, 0.5) is 0 Å². The van der Waals surface area contributed by atoms with Gasteiger partial charge in [0.15, 0.2) is 0 Å². The van der Waals surface area contributed by atoms with Gasteiger partial charge >= 0.3 is 0 Å². The Morgan fingerprint density at radius 2 is 1.79 bits per heavy atom. The summed E-state index contributed by atoms with van der Waals surface area (Å²) in [5, 5.41) is -0.258. The molecule has 0 aliphatic rings. The molecule has 0 aromatic heterocycles. The van der Waals surface area contributed by atoms with Crippen molar-refractivity contribution in [2.75, 3.05) is 34.2 Å². The van der Waals surface area contributed by atoms with Crippen LogP contribution in [0.3, 0.4) is 0 Å². The van der Waals surface area contributed by atoms with E-state index in [1.165, 1.54) is 0 Å². The molecule has 0 fully saturated rings. The summed E-state index contributed by atoms with van der Waals surface area (Å²) in [5.41, 5.74) is 1.15. The van der Waals surface area contributed by atoms with Crippen LogP contribution in [0.25, 0.3) is 0 Å². The number of thiol groups is 1. The molecule has 0 bridgehead atoms. The highest BCUT2D eigenvalue weighted by molar-refractivity contribution is 7.81. The summed E-state index contributed by atoms with van der Waals surface area (Å²) in [6.45, 7) is 1.77. The molecule has 0 spiro atoms. The van der Waals surface area contributed by atoms with Gasteiger partial charge in [-0.15, -0.1) is 0 Å². The predicted molar refractivity (Wildman–Crippen MR) is 83.7 cm³/mol. The number of carbonyl (C=O) groups is 1. The minimum Gasteiger partial charge on any atom is -0.345 e. The normalized spacial score (nSPS) is 12.5. The van der Waals surface area contributed by atoms with Crippen LogP contribution in [0.5, 0.6) is 0 Å².